The number of aliphatic hydroxyl groups is 1. The molecule has 0 aliphatic carbocycles. The normalized spacial score (nSPS) is 12.1. The molecule has 0 aromatic heterocycles. The number of ether oxygens (including phenoxy) is 3. The third-order valence-corrected chi connectivity index (χ3v) is 6.78. The molecule has 3 aromatic carbocycles. The third-order valence-electron chi connectivity index (χ3n) is 6.47. The summed E-state index contributed by atoms with van der Waals surface area (Å²) in [6.45, 7) is 5.89. The first-order chi connectivity index (χ1) is 21.0. The minimum Gasteiger partial charge on any atom is -0.450 e. The number of rotatable bonds is 12. The fourth-order valence-corrected chi connectivity index (χ4v) is 4.41. The lowest BCUT2D eigenvalue weighted by atomic mass is 9.99. The number of anilines is 2. The van der Waals surface area contributed by atoms with Gasteiger partial charge in [-0.25, -0.2) is 23.7 Å². The van der Waals surface area contributed by atoms with Crippen molar-refractivity contribution in [2.24, 2.45) is 0 Å². The van der Waals surface area contributed by atoms with Gasteiger partial charge in [0.2, 0.25) is 6.29 Å². The van der Waals surface area contributed by atoms with E-state index in [0.29, 0.717) is 17.5 Å². The summed E-state index contributed by atoms with van der Waals surface area (Å²) in [5, 5.41) is 11.8. The van der Waals surface area contributed by atoms with Crippen molar-refractivity contribution in [1.82, 2.24) is 5.32 Å². The average molecular weight is 629 g/mol. The number of benzene rings is 3. The van der Waals surface area contributed by atoms with E-state index < -0.39 is 42.9 Å². The lowest BCUT2D eigenvalue weighted by molar-refractivity contribution is -0.167. The molecule has 0 saturated carbocycles. The van der Waals surface area contributed by atoms with Crippen LogP contribution in [0.1, 0.15) is 53.7 Å². The topological polar surface area (TPSA) is 131 Å². The lowest BCUT2D eigenvalue weighted by Crippen LogP contribution is -2.46. The molecule has 0 aliphatic rings. The van der Waals surface area contributed by atoms with Crippen LogP contribution in [-0.4, -0.2) is 54.6 Å². The summed E-state index contributed by atoms with van der Waals surface area (Å²) in [7, 11) is 0. The number of nitrogens with one attached hydrogen (secondary N) is 1. The molecular weight excluding hydrogens is 595 g/mol. The molecule has 0 aliphatic heterocycles. The second-order valence-electron chi connectivity index (χ2n) is 9.83. The summed E-state index contributed by atoms with van der Waals surface area (Å²) in [6, 6.07) is 13.6. The molecule has 0 heterocycles. The molecule has 0 fully saturated rings. The van der Waals surface area contributed by atoms with Crippen LogP contribution in [0, 0.1) is 19.7 Å². The van der Waals surface area contributed by atoms with Gasteiger partial charge in [-0.15, -0.1) is 0 Å². The number of unbranched alkanes of at least 4 members (excludes halogenated alkanes) is 1. The summed E-state index contributed by atoms with van der Waals surface area (Å²) in [6.07, 6.45) is -2.02. The first-order valence-corrected chi connectivity index (χ1v) is 14.3. The number of amides is 2. The van der Waals surface area contributed by atoms with E-state index in [1.165, 1.54) is 37.3 Å². The van der Waals surface area contributed by atoms with Gasteiger partial charge in [0.05, 0.1) is 29.6 Å². The minimum absolute atomic E-state index is 0.0514. The number of aliphatic hydroxyl groups excluding tert-OH is 1. The van der Waals surface area contributed by atoms with E-state index in [1.807, 2.05) is 13.0 Å². The Kier molecular flexibility index (Phi) is 12.2. The second-order valence-corrected chi connectivity index (χ2v) is 10.2. The number of ketones is 1. The number of carbonyl (C=O) groups excluding carboxylic acids is 4. The van der Waals surface area contributed by atoms with Gasteiger partial charge in [0, 0.05) is 18.1 Å². The number of alkyl carbamates (subject to hydrolysis) is 1. The highest BCUT2D eigenvalue weighted by Gasteiger charge is 2.29. The summed E-state index contributed by atoms with van der Waals surface area (Å²) >= 11 is 6.54. The zero-order chi connectivity index (χ0) is 32.4. The maximum atomic E-state index is 13.9. The van der Waals surface area contributed by atoms with Gasteiger partial charge in [0.1, 0.15) is 5.82 Å². The van der Waals surface area contributed by atoms with Crippen molar-refractivity contribution in [1.29, 1.82) is 0 Å². The van der Waals surface area contributed by atoms with Crippen molar-refractivity contribution in [2.45, 2.75) is 52.9 Å². The monoisotopic (exact) mass is 628 g/mol. The zero-order valence-electron chi connectivity index (χ0n) is 24.8. The van der Waals surface area contributed by atoms with Crippen LogP contribution < -0.4 is 10.2 Å². The molecule has 12 heteroatoms. The quantitative estimate of drug-likeness (QED) is 0.102. The van der Waals surface area contributed by atoms with E-state index in [-0.39, 0.29) is 34.4 Å². The lowest BCUT2D eigenvalue weighted by Gasteiger charge is -2.26. The zero-order valence-corrected chi connectivity index (χ0v) is 25.5. The number of esters is 1. The number of aryl methyl sites for hydroxylation is 2. The van der Waals surface area contributed by atoms with E-state index in [9.17, 15) is 28.7 Å². The van der Waals surface area contributed by atoms with Gasteiger partial charge in [-0.3, -0.25) is 4.79 Å². The maximum absolute atomic E-state index is 13.9. The van der Waals surface area contributed by atoms with Crippen LogP contribution in [0.5, 0.6) is 0 Å². The van der Waals surface area contributed by atoms with E-state index in [0.717, 1.165) is 23.0 Å². The fourth-order valence-electron chi connectivity index (χ4n) is 4.15. The number of nitrogens with zero attached hydrogens (tertiary/aromatic N) is 1. The van der Waals surface area contributed by atoms with Crippen LogP contribution in [0.3, 0.4) is 0 Å². The number of hydrogen-bond donors (Lipinski definition) is 2. The summed E-state index contributed by atoms with van der Waals surface area (Å²) in [5.41, 5.74) is 2.21. The third kappa shape index (κ3) is 8.77. The predicted octanol–water partition coefficient (Wildman–Crippen LogP) is 6.38. The molecule has 0 spiro atoms. The molecule has 3 aromatic rings. The fraction of sp³-hybridized carbons (Fsp3) is 0.312. The highest BCUT2D eigenvalue weighted by Crippen LogP contribution is 2.34. The molecule has 0 radical (unpaired) electrons. The second kappa shape index (κ2) is 15.8. The van der Waals surface area contributed by atoms with Crippen LogP contribution in [-0.2, 0) is 19.0 Å². The van der Waals surface area contributed by atoms with Crippen LogP contribution >= 0.6 is 11.6 Å². The summed E-state index contributed by atoms with van der Waals surface area (Å²) in [4.78, 5) is 52.3. The number of hydrogen-bond acceptors (Lipinski definition) is 8. The van der Waals surface area contributed by atoms with Crippen molar-refractivity contribution >= 4 is 46.9 Å². The number of carbonyl (C=O) groups is 4. The molecule has 2 amide bonds. The van der Waals surface area contributed by atoms with Gasteiger partial charge >= 0.3 is 18.2 Å². The molecule has 2 atom stereocenters. The highest BCUT2D eigenvalue weighted by molar-refractivity contribution is 6.35. The summed E-state index contributed by atoms with van der Waals surface area (Å²) in [5.74, 6) is -1.92. The van der Waals surface area contributed by atoms with Crippen molar-refractivity contribution in [2.75, 3.05) is 18.1 Å². The minimum atomic E-state index is -1.48. The van der Waals surface area contributed by atoms with Crippen LogP contribution in [0.25, 0.3) is 0 Å². The molecule has 44 heavy (non-hydrogen) atoms. The Morgan fingerprint density at radius 1 is 0.977 bits per heavy atom. The Labute approximate surface area is 259 Å². The molecule has 0 bridgehead atoms. The maximum Gasteiger partial charge on any atom is 0.422 e. The molecule has 234 valence electrons. The molecule has 10 nitrogen and oxygen atoms in total. The van der Waals surface area contributed by atoms with Gasteiger partial charge in [-0.2, -0.15) is 0 Å². The van der Waals surface area contributed by atoms with E-state index in [1.54, 1.807) is 32.0 Å². The highest BCUT2D eigenvalue weighted by atomic mass is 35.5. The van der Waals surface area contributed by atoms with Crippen molar-refractivity contribution in [3.05, 3.63) is 93.8 Å². The first kappa shape index (κ1) is 34.0. The van der Waals surface area contributed by atoms with E-state index in [2.05, 4.69) is 5.32 Å². The van der Waals surface area contributed by atoms with Gasteiger partial charge in [-0.1, -0.05) is 49.2 Å². The smallest absolute Gasteiger partial charge is 0.422 e. The molecule has 0 saturated heterocycles. The molecule has 2 N–H and O–H groups in total. The van der Waals surface area contributed by atoms with Crippen molar-refractivity contribution < 1.29 is 42.9 Å². The average Bonchev–Trinajstić information content (AvgIpc) is 2.97. The van der Waals surface area contributed by atoms with Gasteiger partial charge in [-0.05, 0) is 67.8 Å². The Hall–Kier alpha value is -4.48. The van der Waals surface area contributed by atoms with E-state index >= 15 is 0 Å². The predicted molar refractivity (Wildman–Crippen MR) is 162 cm³/mol. The Morgan fingerprint density at radius 2 is 1.70 bits per heavy atom. The van der Waals surface area contributed by atoms with Gasteiger partial charge < -0.3 is 24.6 Å². The van der Waals surface area contributed by atoms with Crippen LogP contribution in [0.2, 0.25) is 5.02 Å². The number of halogens is 2. The van der Waals surface area contributed by atoms with Crippen molar-refractivity contribution in [3.63, 3.8) is 0 Å². The Balaban J connectivity index is 1.84. The Bertz CT molecular complexity index is 1520. The van der Waals surface area contributed by atoms with Crippen LogP contribution in [0.4, 0.5) is 25.4 Å². The van der Waals surface area contributed by atoms with E-state index in [4.69, 9.17) is 25.8 Å². The first-order valence-electron chi connectivity index (χ1n) is 13.9. The molecular formula is C32H34ClFN2O8. The van der Waals surface area contributed by atoms with Gasteiger partial charge in [0.15, 0.2) is 11.8 Å². The van der Waals surface area contributed by atoms with Gasteiger partial charge in [0.25, 0.3) is 0 Å². The van der Waals surface area contributed by atoms with Crippen molar-refractivity contribution in [3.8, 4) is 0 Å². The SMILES string of the molecule is CCCCOC(=O)NC(CO)C(=O)OC(C)OC(=O)N(c1ccc(C(=O)c2ccccc2C)c(Cl)c1)c1ccc(F)cc1C. The molecule has 3 rings (SSSR count). The standard InChI is InChI=1S/C32H34ClFN2O8/c1-5-6-15-42-31(40)35-27(18-37)30(39)43-21(4)44-32(41)36(28-14-11-22(34)16-20(28)3)23-12-13-25(26(33)17-23)29(38)24-10-8-7-9-19(24)2/h7-14,16-17,21,27,37H,5-6,15,18H2,1-4H3,(H,35,40). The largest absolute Gasteiger partial charge is 0.450 e. The Morgan fingerprint density at radius 3 is 2.34 bits per heavy atom. The summed E-state index contributed by atoms with van der Waals surface area (Å²) < 4.78 is 29.4. The van der Waals surface area contributed by atoms with Crippen LogP contribution in [0.15, 0.2) is 60.7 Å². The molecule has 2 unspecified atom stereocenters.